The first kappa shape index (κ1) is 9.41. The van der Waals surface area contributed by atoms with Crippen LogP contribution in [0.2, 0.25) is 0 Å². The Hall–Kier alpha value is -0.820. The molecule has 0 atom stereocenters. The highest BCUT2D eigenvalue weighted by molar-refractivity contribution is 5.50. The van der Waals surface area contributed by atoms with Gasteiger partial charge in [0.25, 0.3) is 0 Å². The third-order valence-electron chi connectivity index (χ3n) is 3.78. The van der Waals surface area contributed by atoms with Crippen molar-refractivity contribution in [1.82, 2.24) is 0 Å². The third-order valence-corrected chi connectivity index (χ3v) is 3.78. The Kier molecular flexibility index (Phi) is 2.10. The molecule has 1 heterocycles. The molecule has 0 unspecified atom stereocenters. The zero-order valence-electron chi connectivity index (χ0n) is 9.60. The van der Waals surface area contributed by atoms with E-state index < -0.39 is 0 Å². The molecule has 0 saturated carbocycles. The molecule has 0 fully saturated rings. The summed E-state index contributed by atoms with van der Waals surface area (Å²) < 4.78 is 5.63. The van der Waals surface area contributed by atoms with Crippen LogP contribution in [0, 0.1) is 0 Å². The van der Waals surface area contributed by atoms with E-state index in [2.05, 4.69) is 19.9 Å². The van der Waals surface area contributed by atoms with Crippen LogP contribution < -0.4 is 0 Å². The topological polar surface area (TPSA) is 9.23 Å². The van der Waals surface area contributed by atoms with Gasteiger partial charge in [0.2, 0.25) is 0 Å². The lowest BCUT2D eigenvalue weighted by Gasteiger charge is -2.14. The van der Waals surface area contributed by atoms with Gasteiger partial charge in [0.05, 0.1) is 13.2 Å². The second kappa shape index (κ2) is 3.34. The standard InChI is InChI=1S/C14H18O/c1-9(2)12-6-10-4-3-5-11(10)13-7-15-8-14(12)13/h6,9H,3-5,7-8H2,1-2H3. The van der Waals surface area contributed by atoms with Crippen LogP contribution >= 0.6 is 0 Å². The van der Waals surface area contributed by atoms with Gasteiger partial charge >= 0.3 is 0 Å². The largest absolute Gasteiger partial charge is 0.372 e. The van der Waals surface area contributed by atoms with Gasteiger partial charge < -0.3 is 4.74 Å². The van der Waals surface area contributed by atoms with E-state index in [4.69, 9.17) is 4.74 Å². The average molecular weight is 202 g/mol. The minimum atomic E-state index is 0.631. The number of hydrogen-bond acceptors (Lipinski definition) is 1. The molecule has 1 aromatic rings. The van der Waals surface area contributed by atoms with Gasteiger partial charge in [-0.1, -0.05) is 19.9 Å². The van der Waals surface area contributed by atoms with Gasteiger partial charge in [-0.3, -0.25) is 0 Å². The summed E-state index contributed by atoms with van der Waals surface area (Å²) in [6, 6.07) is 2.44. The Morgan fingerprint density at radius 2 is 1.87 bits per heavy atom. The van der Waals surface area contributed by atoms with Gasteiger partial charge in [-0.25, -0.2) is 0 Å². The summed E-state index contributed by atoms with van der Waals surface area (Å²) in [4.78, 5) is 0. The summed E-state index contributed by atoms with van der Waals surface area (Å²) in [5, 5.41) is 0. The molecule has 0 spiro atoms. The van der Waals surface area contributed by atoms with E-state index in [1.807, 2.05) is 0 Å². The van der Waals surface area contributed by atoms with Crippen LogP contribution in [0.4, 0.5) is 0 Å². The molecule has 15 heavy (non-hydrogen) atoms. The second-order valence-electron chi connectivity index (χ2n) is 5.06. The Morgan fingerprint density at radius 1 is 1.07 bits per heavy atom. The van der Waals surface area contributed by atoms with Gasteiger partial charge in [-0.15, -0.1) is 0 Å². The maximum absolute atomic E-state index is 5.63. The fourth-order valence-electron chi connectivity index (χ4n) is 3.02. The maximum atomic E-state index is 5.63. The number of fused-ring (bicyclic) bond motifs is 3. The van der Waals surface area contributed by atoms with E-state index in [0.29, 0.717) is 5.92 Å². The van der Waals surface area contributed by atoms with E-state index in [1.54, 1.807) is 11.1 Å². The number of aryl methyl sites for hydroxylation is 1. The van der Waals surface area contributed by atoms with Crippen molar-refractivity contribution >= 4 is 0 Å². The molecular formula is C14H18O. The van der Waals surface area contributed by atoms with Crippen LogP contribution in [0.1, 0.15) is 54.0 Å². The van der Waals surface area contributed by atoms with Gasteiger partial charge in [0.1, 0.15) is 0 Å². The van der Waals surface area contributed by atoms with Crippen molar-refractivity contribution in [2.24, 2.45) is 0 Å². The van der Waals surface area contributed by atoms with Gasteiger partial charge in [0, 0.05) is 0 Å². The lowest BCUT2D eigenvalue weighted by atomic mass is 9.89. The lowest BCUT2D eigenvalue weighted by molar-refractivity contribution is 0.134. The highest BCUT2D eigenvalue weighted by Crippen LogP contribution is 2.37. The molecule has 3 rings (SSSR count). The summed E-state index contributed by atoms with van der Waals surface area (Å²) in [6.45, 7) is 6.28. The van der Waals surface area contributed by atoms with Crippen molar-refractivity contribution < 1.29 is 4.74 Å². The van der Waals surface area contributed by atoms with Crippen molar-refractivity contribution in [3.8, 4) is 0 Å². The predicted molar refractivity (Wildman–Crippen MR) is 61.0 cm³/mol. The summed E-state index contributed by atoms with van der Waals surface area (Å²) in [7, 11) is 0. The molecule has 0 N–H and O–H groups in total. The first-order chi connectivity index (χ1) is 7.27. The van der Waals surface area contributed by atoms with Gasteiger partial charge in [0.15, 0.2) is 0 Å². The zero-order valence-corrected chi connectivity index (χ0v) is 9.60. The Morgan fingerprint density at radius 3 is 2.67 bits per heavy atom. The summed E-state index contributed by atoms with van der Waals surface area (Å²) >= 11 is 0. The van der Waals surface area contributed by atoms with E-state index in [-0.39, 0.29) is 0 Å². The van der Waals surface area contributed by atoms with E-state index >= 15 is 0 Å². The van der Waals surface area contributed by atoms with Crippen LogP contribution in [-0.4, -0.2) is 0 Å². The summed E-state index contributed by atoms with van der Waals surface area (Å²) in [6.07, 6.45) is 3.89. The fourth-order valence-corrected chi connectivity index (χ4v) is 3.02. The highest BCUT2D eigenvalue weighted by Gasteiger charge is 2.25. The van der Waals surface area contributed by atoms with Crippen molar-refractivity contribution in [1.29, 1.82) is 0 Å². The predicted octanol–water partition coefficient (Wildman–Crippen LogP) is 3.33. The smallest absolute Gasteiger partial charge is 0.0727 e. The Balaban J connectivity index is 2.22. The molecule has 1 aliphatic heterocycles. The molecule has 0 radical (unpaired) electrons. The van der Waals surface area contributed by atoms with Crippen LogP contribution in [0.5, 0.6) is 0 Å². The monoisotopic (exact) mass is 202 g/mol. The Bertz CT molecular complexity index is 404. The minimum absolute atomic E-state index is 0.631. The van der Waals surface area contributed by atoms with Gasteiger partial charge in [-0.05, 0) is 53.0 Å². The minimum Gasteiger partial charge on any atom is -0.372 e. The lowest BCUT2D eigenvalue weighted by Crippen LogP contribution is -2.00. The normalized spacial score (nSPS) is 18.3. The van der Waals surface area contributed by atoms with Crippen molar-refractivity contribution in [2.75, 3.05) is 0 Å². The molecular weight excluding hydrogens is 184 g/mol. The fraction of sp³-hybridized carbons (Fsp3) is 0.571. The number of ether oxygens (including phenoxy) is 1. The van der Waals surface area contributed by atoms with Crippen LogP contribution in [-0.2, 0) is 30.8 Å². The van der Waals surface area contributed by atoms with Crippen LogP contribution in [0.3, 0.4) is 0 Å². The molecule has 0 aromatic heterocycles. The molecule has 2 aliphatic rings. The molecule has 80 valence electrons. The Labute approximate surface area is 91.5 Å². The highest BCUT2D eigenvalue weighted by atomic mass is 16.5. The summed E-state index contributed by atoms with van der Waals surface area (Å²) in [5.41, 5.74) is 7.79. The molecule has 1 nitrogen and oxygen atoms in total. The zero-order chi connectivity index (χ0) is 10.4. The van der Waals surface area contributed by atoms with E-state index in [1.165, 1.54) is 36.0 Å². The van der Waals surface area contributed by atoms with Crippen molar-refractivity contribution in [3.05, 3.63) is 33.9 Å². The molecule has 1 aromatic carbocycles. The first-order valence-electron chi connectivity index (χ1n) is 6.01. The van der Waals surface area contributed by atoms with Crippen molar-refractivity contribution in [2.45, 2.75) is 52.2 Å². The average Bonchev–Trinajstić information content (AvgIpc) is 2.83. The quantitative estimate of drug-likeness (QED) is 0.678. The number of rotatable bonds is 1. The molecule has 0 bridgehead atoms. The molecule has 1 aliphatic carbocycles. The first-order valence-corrected chi connectivity index (χ1v) is 6.01. The second-order valence-corrected chi connectivity index (χ2v) is 5.06. The van der Waals surface area contributed by atoms with Crippen LogP contribution in [0.25, 0.3) is 0 Å². The van der Waals surface area contributed by atoms with E-state index in [9.17, 15) is 0 Å². The van der Waals surface area contributed by atoms with Gasteiger partial charge in [-0.2, -0.15) is 0 Å². The SMILES string of the molecule is CC(C)c1cc2c(c3c1COC3)CCC2. The summed E-state index contributed by atoms with van der Waals surface area (Å²) in [5.74, 6) is 0.631. The molecule has 1 heteroatoms. The molecule has 0 saturated heterocycles. The molecule has 0 amide bonds. The number of hydrogen-bond donors (Lipinski definition) is 0. The van der Waals surface area contributed by atoms with Crippen LogP contribution in [0.15, 0.2) is 6.07 Å². The van der Waals surface area contributed by atoms with Crippen molar-refractivity contribution in [3.63, 3.8) is 0 Å². The maximum Gasteiger partial charge on any atom is 0.0727 e. The number of benzene rings is 1. The van der Waals surface area contributed by atoms with E-state index in [0.717, 1.165) is 13.2 Å². The third kappa shape index (κ3) is 1.33.